The normalized spacial score (nSPS) is 12.5. The average molecular weight is 239 g/mol. The molecule has 17 heavy (non-hydrogen) atoms. The van der Waals surface area contributed by atoms with Crippen LogP contribution in [0.1, 0.15) is 11.6 Å². The summed E-state index contributed by atoms with van der Waals surface area (Å²) in [7, 11) is 1.60. The Morgan fingerprint density at radius 1 is 1.41 bits per heavy atom. The highest BCUT2D eigenvalue weighted by molar-refractivity contribution is 5.75. The molecule has 0 spiro atoms. The number of nitrogens with one attached hydrogen (secondary N) is 2. The van der Waals surface area contributed by atoms with Gasteiger partial charge < -0.3 is 5.11 Å². The van der Waals surface area contributed by atoms with Gasteiger partial charge in [0, 0.05) is 18.8 Å². The minimum absolute atomic E-state index is 0.243. The molecule has 1 atom stereocenters. The van der Waals surface area contributed by atoms with Crippen molar-refractivity contribution in [1.82, 2.24) is 24.5 Å². The van der Waals surface area contributed by atoms with Gasteiger partial charge in [-0.2, -0.15) is 5.10 Å². The molecule has 0 aliphatic rings. The minimum atomic E-state index is -1.40. The highest BCUT2D eigenvalue weighted by Crippen LogP contribution is 2.14. The number of H-pyrrole nitrogens is 2. The first-order chi connectivity index (χ1) is 8.00. The van der Waals surface area contributed by atoms with Gasteiger partial charge in [0.05, 0.1) is 6.20 Å². The smallest absolute Gasteiger partial charge is 0.345 e. The summed E-state index contributed by atoms with van der Waals surface area (Å²) in [6.07, 6.45) is 2.72. The Balaban J connectivity index is 2.62. The zero-order valence-corrected chi connectivity index (χ0v) is 8.75. The Morgan fingerprint density at radius 2 is 2.00 bits per heavy atom. The van der Waals surface area contributed by atoms with E-state index >= 15 is 0 Å². The molecule has 2 aromatic heterocycles. The van der Waals surface area contributed by atoms with Crippen molar-refractivity contribution in [3.8, 4) is 0 Å². The van der Waals surface area contributed by atoms with Crippen molar-refractivity contribution in [2.75, 3.05) is 0 Å². The lowest BCUT2D eigenvalue weighted by Crippen LogP contribution is -2.35. The van der Waals surface area contributed by atoms with Crippen LogP contribution in [0.3, 0.4) is 0 Å². The maximum Gasteiger partial charge on any atom is 0.345 e. The quantitative estimate of drug-likeness (QED) is 0.586. The molecule has 0 aliphatic heterocycles. The summed E-state index contributed by atoms with van der Waals surface area (Å²) in [6, 6.07) is -1.40. The van der Waals surface area contributed by atoms with Gasteiger partial charge >= 0.3 is 17.3 Å². The van der Waals surface area contributed by atoms with Gasteiger partial charge in [0.2, 0.25) is 0 Å². The molecule has 1 unspecified atom stereocenters. The molecule has 2 heterocycles. The van der Waals surface area contributed by atoms with Gasteiger partial charge in [0.15, 0.2) is 6.04 Å². The van der Waals surface area contributed by atoms with Crippen molar-refractivity contribution in [3.63, 3.8) is 0 Å². The molecule has 0 saturated carbocycles. The first-order valence-corrected chi connectivity index (χ1v) is 4.61. The van der Waals surface area contributed by atoms with Crippen molar-refractivity contribution in [1.29, 1.82) is 0 Å². The molecule has 0 aliphatic carbocycles. The zero-order chi connectivity index (χ0) is 12.6. The highest BCUT2D eigenvalue weighted by atomic mass is 16.4. The molecule has 0 amide bonds. The standard InChI is InChI=1S/C8H9N5O4/c1-12-3-4(2-9-12)5(6(14)15)13-7(16)10-11-8(13)17/h2-3,5H,1H3,(H,10,16)(H,11,17)(H,14,15). The number of rotatable bonds is 3. The Bertz CT molecular complexity index is 632. The molecule has 0 fully saturated rings. The van der Waals surface area contributed by atoms with Crippen LogP contribution in [0.4, 0.5) is 0 Å². The number of aromatic amines is 2. The third-order valence-corrected chi connectivity index (χ3v) is 2.25. The minimum Gasteiger partial charge on any atom is -0.479 e. The van der Waals surface area contributed by atoms with Crippen molar-refractivity contribution < 1.29 is 9.90 Å². The van der Waals surface area contributed by atoms with Crippen LogP contribution in [-0.4, -0.2) is 35.6 Å². The molecule has 0 bridgehead atoms. The second-order valence-electron chi connectivity index (χ2n) is 3.42. The van der Waals surface area contributed by atoms with Crippen LogP contribution in [0.5, 0.6) is 0 Å². The van der Waals surface area contributed by atoms with E-state index in [2.05, 4.69) is 5.10 Å². The van der Waals surface area contributed by atoms with Crippen LogP contribution in [0.2, 0.25) is 0 Å². The lowest BCUT2D eigenvalue weighted by atomic mass is 10.1. The topological polar surface area (TPSA) is 126 Å². The van der Waals surface area contributed by atoms with E-state index in [0.717, 1.165) is 0 Å². The van der Waals surface area contributed by atoms with Crippen LogP contribution in [-0.2, 0) is 11.8 Å². The summed E-state index contributed by atoms with van der Waals surface area (Å²) >= 11 is 0. The molecule has 3 N–H and O–H groups in total. The number of hydrogen-bond donors (Lipinski definition) is 3. The van der Waals surface area contributed by atoms with Crippen molar-refractivity contribution in [2.45, 2.75) is 6.04 Å². The van der Waals surface area contributed by atoms with E-state index in [9.17, 15) is 14.4 Å². The van der Waals surface area contributed by atoms with Gasteiger partial charge in [0.25, 0.3) is 0 Å². The van der Waals surface area contributed by atoms with E-state index in [-0.39, 0.29) is 5.56 Å². The third kappa shape index (κ3) is 1.77. The van der Waals surface area contributed by atoms with Crippen LogP contribution >= 0.6 is 0 Å². The number of aliphatic carboxylic acids is 1. The Hall–Kier alpha value is -2.58. The van der Waals surface area contributed by atoms with Crippen LogP contribution < -0.4 is 11.4 Å². The van der Waals surface area contributed by atoms with Gasteiger partial charge in [-0.3, -0.25) is 4.68 Å². The largest absolute Gasteiger partial charge is 0.479 e. The van der Waals surface area contributed by atoms with E-state index < -0.39 is 23.4 Å². The average Bonchev–Trinajstić information content (AvgIpc) is 2.79. The van der Waals surface area contributed by atoms with E-state index in [1.165, 1.54) is 17.1 Å². The summed E-state index contributed by atoms with van der Waals surface area (Å²) < 4.78 is 1.97. The molecular weight excluding hydrogens is 230 g/mol. The molecular formula is C8H9N5O4. The monoisotopic (exact) mass is 239 g/mol. The summed E-state index contributed by atoms with van der Waals surface area (Å²) in [5.74, 6) is -1.31. The maximum absolute atomic E-state index is 11.4. The van der Waals surface area contributed by atoms with E-state index in [4.69, 9.17) is 5.11 Å². The van der Waals surface area contributed by atoms with Crippen molar-refractivity contribution in [2.24, 2.45) is 7.05 Å². The highest BCUT2D eigenvalue weighted by Gasteiger charge is 2.27. The fourth-order valence-electron chi connectivity index (χ4n) is 1.54. The molecule has 2 aromatic rings. The number of carboxylic acid groups (broad SMARTS) is 1. The van der Waals surface area contributed by atoms with E-state index in [1.807, 2.05) is 10.2 Å². The summed E-state index contributed by atoms with van der Waals surface area (Å²) in [6.45, 7) is 0. The fourth-order valence-corrected chi connectivity index (χ4v) is 1.54. The number of carbonyl (C=O) groups is 1. The third-order valence-electron chi connectivity index (χ3n) is 2.25. The second kappa shape index (κ2) is 3.77. The Kier molecular flexibility index (Phi) is 2.42. The Labute approximate surface area is 93.3 Å². The predicted octanol–water partition coefficient (Wildman–Crippen LogP) is -1.73. The summed E-state index contributed by atoms with van der Waals surface area (Å²) in [5, 5.41) is 17.0. The predicted molar refractivity (Wildman–Crippen MR) is 54.7 cm³/mol. The number of aromatic nitrogens is 5. The summed E-state index contributed by atoms with van der Waals surface area (Å²) in [4.78, 5) is 33.9. The molecule has 2 rings (SSSR count). The van der Waals surface area contributed by atoms with Crippen molar-refractivity contribution in [3.05, 3.63) is 38.9 Å². The maximum atomic E-state index is 11.4. The van der Waals surface area contributed by atoms with Gasteiger partial charge in [0.1, 0.15) is 0 Å². The van der Waals surface area contributed by atoms with Gasteiger partial charge in [-0.05, 0) is 0 Å². The van der Waals surface area contributed by atoms with Crippen LogP contribution in [0.15, 0.2) is 22.0 Å². The lowest BCUT2D eigenvalue weighted by molar-refractivity contribution is -0.139. The second-order valence-corrected chi connectivity index (χ2v) is 3.42. The fraction of sp³-hybridized carbons (Fsp3) is 0.250. The summed E-state index contributed by atoms with van der Waals surface area (Å²) in [5.41, 5.74) is -1.38. The molecule has 9 nitrogen and oxygen atoms in total. The zero-order valence-electron chi connectivity index (χ0n) is 8.75. The first-order valence-electron chi connectivity index (χ1n) is 4.61. The van der Waals surface area contributed by atoms with Crippen molar-refractivity contribution >= 4 is 5.97 Å². The lowest BCUT2D eigenvalue weighted by Gasteiger charge is -2.08. The molecule has 0 radical (unpaired) electrons. The number of aryl methyl sites for hydroxylation is 1. The molecule has 0 aromatic carbocycles. The van der Waals surface area contributed by atoms with Crippen LogP contribution in [0.25, 0.3) is 0 Å². The SMILES string of the molecule is Cn1cc(C(C(=O)O)n2c(=O)[nH][nH]c2=O)cn1. The van der Waals surface area contributed by atoms with E-state index in [0.29, 0.717) is 4.57 Å². The van der Waals surface area contributed by atoms with Gasteiger partial charge in [-0.25, -0.2) is 29.1 Å². The van der Waals surface area contributed by atoms with Gasteiger partial charge in [-0.1, -0.05) is 0 Å². The number of hydrogen-bond acceptors (Lipinski definition) is 4. The first kappa shape index (κ1) is 10.9. The number of carboxylic acids is 1. The van der Waals surface area contributed by atoms with Crippen LogP contribution in [0, 0.1) is 0 Å². The Morgan fingerprint density at radius 3 is 2.41 bits per heavy atom. The van der Waals surface area contributed by atoms with Gasteiger partial charge in [-0.15, -0.1) is 0 Å². The molecule has 9 heteroatoms. The van der Waals surface area contributed by atoms with E-state index in [1.54, 1.807) is 7.05 Å². The molecule has 0 saturated heterocycles. The number of nitrogens with zero attached hydrogens (tertiary/aromatic N) is 3. The molecule has 90 valence electrons.